The van der Waals surface area contributed by atoms with E-state index in [1.165, 1.54) is 11.8 Å². The zero-order valence-corrected chi connectivity index (χ0v) is 10.8. The highest BCUT2D eigenvalue weighted by Gasteiger charge is 2.21. The first-order chi connectivity index (χ1) is 8.04. The molecular formula is C13H16O3S. The number of carboxylic acid groups (broad SMARTS) is 1. The Bertz CT molecular complexity index is 398. The van der Waals surface area contributed by atoms with Crippen molar-refractivity contribution in [2.75, 3.05) is 12.0 Å². The van der Waals surface area contributed by atoms with Crippen LogP contribution in [-0.4, -0.2) is 28.9 Å². The number of rotatable bonds is 6. The van der Waals surface area contributed by atoms with Crippen molar-refractivity contribution in [1.29, 1.82) is 0 Å². The lowest BCUT2D eigenvalue weighted by Crippen LogP contribution is -2.20. The molecule has 1 atom stereocenters. The van der Waals surface area contributed by atoms with Crippen molar-refractivity contribution >= 4 is 23.5 Å². The molecule has 0 saturated heterocycles. The van der Waals surface area contributed by atoms with Gasteiger partial charge in [-0.15, -0.1) is 0 Å². The van der Waals surface area contributed by atoms with Crippen LogP contribution in [0.5, 0.6) is 0 Å². The van der Waals surface area contributed by atoms with Crippen LogP contribution in [0.2, 0.25) is 0 Å². The summed E-state index contributed by atoms with van der Waals surface area (Å²) >= 11 is 1.44. The highest BCUT2D eigenvalue weighted by Crippen LogP contribution is 2.15. The van der Waals surface area contributed by atoms with Gasteiger partial charge in [0.1, 0.15) is 0 Å². The van der Waals surface area contributed by atoms with Crippen LogP contribution in [0.1, 0.15) is 22.3 Å². The summed E-state index contributed by atoms with van der Waals surface area (Å²) in [4.78, 5) is 22.8. The smallest absolute Gasteiger partial charge is 0.307 e. The van der Waals surface area contributed by atoms with Gasteiger partial charge >= 0.3 is 5.97 Å². The van der Waals surface area contributed by atoms with Gasteiger partial charge in [0.05, 0.1) is 5.92 Å². The Balaban J connectivity index is 2.70. The summed E-state index contributed by atoms with van der Waals surface area (Å²) in [6.07, 6.45) is 1.91. The molecule has 1 aromatic carbocycles. The Kier molecular flexibility index (Phi) is 5.22. The van der Waals surface area contributed by atoms with Crippen molar-refractivity contribution in [1.82, 2.24) is 0 Å². The van der Waals surface area contributed by atoms with E-state index in [-0.39, 0.29) is 12.2 Å². The second-order valence-corrected chi connectivity index (χ2v) is 4.89. The van der Waals surface area contributed by atoms with Crippen molar-refractivity contribution in [3.63, 3.8) is 0 Å². The van der Waals surface area contributed by atoms with Crippen LogP contribution in [0.4, 0.5) is 0 Å². The Morgan fingerprint density at radius 3 is 2.35 bits per heavy atom. The number of benzene rings is 1. The lowest BCUT2D eigenvalue weighted by Gasteiger charge is -2.09. The van der Waals surface area contributed by atoms with Gasteiger partial charge in [0, 0.05) is 17.7 Å². The molecule has 1 unspecified atom stereocenters. The summed E-state index contributed by atoms with van der Waals surface area (Å²) in [5, 5.41) is 8.98. The number of aliphatic carboxylic acids is 1. The van der Waals surface area contributed by atoms with Gasteiger partial charge in [-0.05, 0) is 13.2 Å². The molecule has 0 bridgehead atoms. The maximum atomic E-state index is 11.9. The van der Waals surface area contributed by atoms with Crippen LogP contribution in [0.15, 0.2) is 24.3 Å². The molecule has 4 heteroatoms. The summed E-state index contributed by atoms with van der Waals surface area (Å²) in [6.45, 7) is 1.95. The van der Waals surface area contributed by atoms with Gasteiger partial charge < -0.3 is 5.11 Å². The van der Waals surface area contributed by atoms with E-state index in [9.17, 15) is 9.59 Å². The van der Waals surface area contributed by atoms with Crippen molar-refractivity contribution in [2.24, 2.45) is 5.92 Å². The molecule has 0 spiro atoms. The Labute approximate surface area is 105 Å². The fourth-order valence-corrected chi connectivity index (χ4v) is 2.16. The van der Waals surface area contributed by atoms with Crippen molar-refractivity contribution in [3.05, 3.63) is 35.4 Å². The van der Waals surface area contributed by atoms with Crippen LogP contribution in [0, 0.1) is 12.8 Å². The number of carbonyl (C=O) groups is 2. The van der Waals surface area contributed by atoms with Gasteiger partial charge in [-0.3, -0.25) is 9.59 Å². The normalized spacial score (nSPS) is 12.1. The summed E-state index contributed by atoms with van der Waals surface area (Å²) in [6, 6.07) is 7.21. The molecule has 0 fully saturated rings. The van der Waals surface area contributed by atoms with E-state index in [1.807, 2.05) is 25.3 Å². The molecule has 0 aliphatic carbocycles. The third kappa shape index (κ3) is 4.23. The van der Waals surface area contributed by atoms with Crippen molar-refractivity contribution in [3.8, 4) is 0 Å². The molecule has 0 heterocycles. The molecule has 0 aromatic heterocycles. The van der Waals surface area contributed by atoms with E-state index in [0.717, 1.165) is 5.56 Å². The van der Waals surface area contributed by atoms with Gasteiger partial charge in [0.2, 0.25) is 0 Å². The zero-order chi connectivity index (χ0) is 12.8. The number of hydrogen-bond acceptors (Lipinski definition) is 3. The molecule has 1 N–H and O–H groups in total. The van der Waals surface area contributed by atoms with Gasteiger partial charge in [0.15, 0.2) is 5.78 Å². The standard InChI is InChI=1S/C13H16O3S/c1-9-3-5-10(6-4-9)12(14)7-11(8-17-2)13(15)16/h3-6,11H,7-8H2,1-2H3,(H,15,16). The number of thioether (sulfide) groups is 1. The second-order valence-electron chi connectivity index (χ2n) is 3.98. The molecule has 0 saturated carbocycles. The molecule has 0 radical (unpaired) electrons. The average molecular weight is 252 g/mol. The Morgan fingerprint density at radius 2 is 1.88 bits per heavy atom. The monoisotopic (exact) mass is 252 g/mol. The quantitative estimate of drug-likeness (QED) is 0.791. The molecule has 0 amide bonds. The van der Waals surface area contributed by atoms with Crippen LogP contribution in [0.25, 0.3) is 0 Å². The number of carboxylic acids is 1. The van der Waals surface area contributed by atoms with Gasteiger partial charge in [-0.1, -0.05) is 29.8 Å². The molecule has 3 nitrogen and oxygen atoms in total. The minimum Gasteiger partial charge on any atom is -0.481 e. The first kappa shape index (κ1) is 13.8. The van der Waals surface area contributed by atoms with Crippen LogP contribution in [-0.2, 0) is 4.79 Å². The summed E-state index contributed by atoms with van der Waals surface area (Å²) in [7, 11) is 0. The fourth-order valence-electron chi connectivity index (χ4n) is 1.50. The minimum atomic E-state index is -0.903. The molecule has 0 aliphatic rings. The predicted molar refractivity (Wildman–Crippen MR) is 69.6 cm³/mol. The topological polar surface area (TPSA) is 54.4 Å². The predicted octanol–water partition coefficient (Wildman–Crippen LogP) is 2.63. The summed E-state index contributed by atoms with van der Waals surface area (Å²) in [5.74, 6) is -1.14. The maximum Gasteiger partial charge on any atom is 0.307 e. The number of hydrogen-bond donors (Lipinski definition) is 1. The first-order valence-corrected chi connectivity index (χ1v) is 6.75. The lowest BCUT2D eigenvalue weighted by atomic mass is 9.99. The second kappa shape index (κ2) is 6.45. The minimum absolute atomic E-state index is 0.0687. The van der Waals surface area contributed by atoms with Gasteiger partial charge in [-0.25, -0.2) is 0 Å². The van der Waals surface area contributed by atoms with Crippen LogP contribution < -0.4 is 0 Å². The summed E-state index contributed by atoms with van der Waals surface area (Å²) < 4.78 is 0. The van der Waals surface area contributed by atoms with E-state index in [4.69, 9.17) is 5.11 Å². The average Bonchev–Trinajstić information content (AvgIpc) is 2.29. The molecule has 1 aromatic rings. The number of Topliss-reactive ketones (excluding diaryl/α,β-unsaturated/α-hetero) is 1. The highest BCUT2D eigenvalue weighted by atomic mass is 32.2. The van der Waals surface area contributed by atoms with Crippen LogP contribution in [0.3, 0.4) is 0 Å². The van der Waals surface area contributed by atoms with Crippen molar-refractivity contribution < 1.29 is 14.7 Å². The molecule has 17 heavy (non-hydrogen) atoms. The summed E-state index contributed by atoms with van der Waals surface area (Å²) in [5.41, 5.74) is 1.67. The highest BCUT2D eigenvalue weighted by molar-refractivity contribution is 7.98. The van der Waals surface area contributed by atoms with Crippen molar-refractivity contribution in [2.45, 2.75) is 13.3 Å². The van der Waals surface area contributed by atoms with E-state index >= 15 is 0 Å². The molecule has 1 rings (SSSR count). The third-order valence-corrected chi connectivity index (χ3v) is 3.26. The van der Waals surface area contributed by atoms with E-state index in [2.05, 4.69) is 0 Å². The lowest BCUT2D eigenvalue weighted by molar-refractivity contribution is -0.140. The zero-order valence-electron chi connectivity index (χ0n) is 9.97. The van der Waals surface area contributed by atoms with Crippen LogP contribution >= 0.6 is 11.8 Å². The molecule has 0 aliphatic heterocycles. The third-order valence-electron chi connectivity index (χ3n) is 2.52. The Hall–Kier alpha value is -1.29. The maximum absolute atomic E-state index is 11.9. The number of ketones is 1. The van der Waals surface area contributed by atoms with E-state index < -0.39 is 11.9 Å². The van der Waals surface area contributed by atoms with Gasteiger partial charge in [0.25, 0.3) is 0 Å². The Morgan fingerprint density at radius 1 is 1.29 bits per heavy atom. The SMILES string of the molecule is CSCC(CC(=O)c1ccc(C)cc1)C(=O)O. The van der Waals surface area contributed by atoms with E-state index in [0.29, 0.717) is 11.3 Å². The number of carbonyl (C=O) groups excluding carboxylic acids is 1. The molecular weight excluding hydrogens is 236 g/mol. The largest absolute Gasteiger partial charge is 0.481 e. The fraction of sp³-hybridized carbons (Fsp3) is 0.385. The van der Waals surface area contributed by atoms with E-state index in [1.54, 1.807) is 12.1 Å². The first-order valence-electron chi connectivity index (χ1n) is 5.36. The molecule has 92 valence electrons. The van der Waals surface area contributed by atoms with Gasteiger partial charge in [-0.2, -0.15) is 11.8 Å². The number of aryl methyl sites for hydroxylation is 1.